The van der Waals surface area contributed by atoms with Crippen molar-refractivity contribution in [3.63, 3.8) is 0 Å². The molecule has 4 saturated carbocycles. The van der Waals surface area contributed by atoms with Gasteiger partial charge in [0.15, 0.2) is 11.5 Å². The molecule has 35 heavy (non-hydrogen) atoms. The molecular weight excluding hydrogens is 442 g/mol. The van der Waals surface area contributed by atoms with Crippen LogP contribution in [0.25, 0.3) is 0 Å². The number of ether oxygens (including phenoxy) is 2. The van der Waals surface area contributed by atoms with E-state index in [0.717, 1.165) is 43.6 Å². The fourth-order valence-electron chi connectivity index (χ4n) is 9.26. The molecule has 4 aliphatic rings. The summed E-state index contributed by atoms with van der Waals surface area (Å²) in [6, 6.07) is 0. The summed E-state index contributed by atoms with van der Waals surface area (Å²) in [6.45, 7) is 7.91. The van der Waals surface area contributed by atoms with Gasteiger partial charge in [0.25, 0.3) is 0 Å². The van der Waals surface area contributed by atoms with E-state index in [4.69, 9.17) is 9.47 Å². The van der Waals surface area contributed by atoms with E-state index in [2.05, 4.69) is 24.0 Å². The number of Topliss-reactive ketones (excluding diaryl/α,β-unsaturated/α-hetero) is 1. The number of fused-ring (bicyclic) bond motifs is 5. The smallest absolute Gasteiger partial charge is 0.360 e. The molecule has 0 amide bonds. The highest BCUT2D eigenvalue weighted by atomic mass is 16.5. The number of hydrogen-bond acceptors (Lipinski definition) is 6. The van der Waals surface area contributed by atoms with Crippen molar-refractivity contribution in [2.45, 2.75) is 85.1 Å². The Bertz CT molecular complexity index is 946. The highest BCUT2D eigenvalue weighted by molar-refractivity contribution is 5.86. The van der Waals surface area contributed by atoms with Gasteiger partial charge in [-0.05, 0) is 98.7 Å². The lowest BCUT2D eigenvalue weighted by molar-refractivity contribution is -0.154. The van der Waals surface area contributed by atoms with Gasteiger partial charge in [0.1, 0.15) is 6.54 Å². The van der Waals surface area contributed by atoms with Gasteiger partial charge in [-0.1, -0.05) is 20.3 Å². The Morgan fingerprint density at radius 1 is 1.11 bits per heavy atom. The summed E-state index contributed by atoms with van der Waals surface area (Å²) in [4.78, 5) is 26.8. The van der Waals surface area contributed by atoms with Crippen molar-refractivity contribution in [3.05, 3.63) is 11.9 Å². The first kappa shape index (κ1) is 24.9. The van der Waals surface area contributed by atoms with Crippen molar-refractivity contribution in [1.29, 1.82) is 0 Å². The first-order chi connectivity index (χ1) is 16.8. The zero-order valence-electron chi connectivity index (χ0n) is 22.0. The van der Waals surface area contributed by atoms with Crippen LogP contribution in [0, 0.1) is 46.3 Å². The molecule has 0 saturated heterocycles. The summed E-state index contributed by atoms with van der Waals surface area (Å²) >= 11 is 0. The number of nitrogens with zero attached hydrogens (tertiary/aromatic N) is 3. The third kappa shape index (κ3) is 4.15. The van der Waals surface area contributed by atoms with Crippen LogP contribution in [0.4, 0.5) is 0 Å². The maximum Gasteiger partial charge on any atom is 0.360 e. The Morgan fingerprint density at radius 2 is 1.94 bits per heavy atom. The van der Waals surface area contributed by atoms with Gasteiger partial charge in [0, 0.05) is 13.0 Å². The quantitative estimate of drug-likeness (QED) is 0.509. The molecule has 4 fully saturated rings. The Hall–Kier alpha value is -1.76. The van der Waals surface area contributed by atoms with Crippen LogP contribution < -0.4 is 0 Å². The molecule has 1 heterocycles. The van der Waals surface area contributed by atoms with E-state index in [1.165, 1.54) is 49.5 Å². The van der Waals surface area contributed by atoms with Gasteiger partial charge in [-0.2, -0.15) is 9.90 Å². The van der Waals surface area contributed by atoms with Gasteiger partial charge in [0.2, 0.25) is 0 Å². The zero-order valence-corrected chi connectivity index (χ0v) is 22.0. The number of carbonyl (C=O) groups excluding carboxylic acids is 2. The summed E-state index contributed by atoms with van der Waals surface area (Å²) in [5, 5.41) is 8.38. The molecule has 1 aromatic rings. The Labute approximate surface area is 209 Å². The average molecular weight is 486 g/mol. The number of esters is 1. The van der Waals surface area contributed by atoms with Crippen LogP contribution in [-0.2, 0) is 20.8 Å². The fourth-order valence-corrected chi connectivity index (χ4v) is 9.26. The minimum Gasteiger partial charge on any atom is -0.461 e. The molecule has 3 unspecified atom stereocenters. The van der Waals surface area contributed by atoms with E-state index in [-0.39, 0.29) is 29.4 Å². The van der Waals surface area contributed by atoms with Crippen LogP contribution in [0.15, 0.2) is 6.20 Å². The highest BCUT2D eigenvalue weighted by Crippen LogP contribution is 2.68. The first-order valence-corrected chi connectivity index (χ1v) is 13.9. The number of rotatable bonds is 7. The Kier molecular flexibility index (Phi) is 6.84. The standard InChI is InChI=1S/C28H43N3O4/c1-5-35-26(33)24-15-29-31(30-24)16-25(32)23-9-8-21-20-7-6-19-14-18(2)10-13-28(19,17-34-4)22(20)11-12-27(21,23)3/h15,18-23H,5-14,16-17H2,1-4H3/t18-,19?,20-,21?,22?,23+,27-,28+/m0/s1. The minimum absolute atomic E-state index is 0.0490. The maximum atomic E-state index is 13.5. The molecule has 0 bridgehead atoms. The predicted molar refractivity (Wildman–Crippen MR) is 132 cm³/mol. The summed E-state index contributed by atoms with van der Waals surface area (Å²) in [6.07, 6.45) is 12.5. The molecule has 5 rings (SSSR count). The van der Waals surface area contributed by atoms with Crippen LogP contribution in [0.1, 0.15) is 89.0 Å². The van der Waals surface area contributed by atoms with E-state index >= 15 is 0 Å². The Balaban J connectivity index is 1.31. The van der Waals surface area contributed by atoms with Crippen molar-refractivity contribution in [2.75, 3.05) is 20.3 Å². The van der Waals surface area contributed by atoms with Crippen LogP contribution in [-0.4, -0.2) is 47.1 Å². The summed E-state index contributed by atoms with van der Waals surface area (Å²) in [5.74, 6) is 3.48. The third-order valence-electron chi connectivity index (χ3n) is 10.7. The van der Waals surface area contributed by atoms with Crippen molar-refractivity contribution in [3.8, 4) is 0 Å². The number of methoxy groups -OCH3 is 1. The van der Waals surface area contributed by atoms with Gasteiger partial charge in [-0.15, -0.1) is 5.10 Å². The van der Waals surface area contributed by atoms with Gasteiger partial charge in [-0.3, -0.25) is 4.79 Å². The molecule has 8 atom stereocenters. The van der Waals surface area contributed by atoms with E-state index in [0.29, 0.717) is 23.9 Å². The lowest BCUT2D eigenvalue weighted by Gasteiger charge is -2.61. The van der Waals surface area contributed by atoms with Crippen LogP contribution in [0.3, 0.4) is 0 Å². The lowest BCUT2D eigenvalue weighted by atomic mass is 9.44. The molecular formula is C28H43N3O4. The SMILES string of the molecule is CCOC(=O)c1cnn(CC(=O)[C@H]2CCC3[C@@H]4CCC5C[C@@H](C)CC[C@]5(COC)C4CC[C@@]32C)n1. The highest BCUT2D eigenvalue weighted by Gasteiger charge is 2.62. The lowest BCUT2D eigenvalue weighted by Crippen LogP contribution is -2.56. The fraction of sp³-hybridized carbons (Fsp3) is 0.857. The molecule has 0 spiro atoms. The van der Waals surface area contributed by atoms with E-state index in [9.17, 15) is 9.59 Å². The Morgan fingerprint density at radius 3 is 2.71 bits per heavy atom. The summed E-state index contributed by atoms with van der Waals surface area (Å²) < 4.78 is 10.9. The van der Waals surface area contributed by atoms with Gasteiger partial charge in [-0.25, -0.2) is 4.79 Å². The third-order valence-corrected chi connectivity index (χ3v) is 10.7. The average Bonchev–Trinajstić information content (AvgIpc) is 3.44. The van der Waals surface area contributed by atoms with Crippen LogP contribution in [0.2, 0.25) is 0 Å². The van der Waals surface area contributed by atoms with Crippen LogP contribution >= 0.6 is 0 Å². The normalized spacial score (nSPS) is 40.5. The van der Waals surface area contributed by atoms with Crippen molar-refractivity contribution in [2.24, 2.45) is 46.3 Å². The van der Waals surface area contributed by atoms with Gasteiger partial charge in [0.05, 0.1) is 19.4 Å². The van der Waals surface area contributed by atoms with Crippen molar-refractivity contribution >= 4 is 11.8 Å². The second kappa shape index (κ2) is 9.60. The molecule has 4 aliphatic carbocycles. The van der Waals surface area contributed by atoms with E-state index < -0.39 is 5.97 Å². The van der Waals surface area contributed by atoms with Crippen molar-refractivity contribution < 1.29 is 19.1 Å². The summed E-state index contributed by atoms with van der Waals surface area (Å²) in [5.41, 5.74) is 0.562. The molecule has 0 radical (unpaired) electrons. The molecule has 194 valence electrons. The number of ketones is 1. The predicted octanol–water partition coefficient (Wildman–Crippen LogP) is 4.95. The molecule has 0 aliphatic heterocycles. The monoisotopic (exact) mass is 485 g/mol. The first-order valence-electron chi connectivity index (χ1n) is 13.9. The largest absolute Gasteiger partial charge is 0.461 e. The van der Waals surface area contributed by atoms with E-state index in [1.807, 2.05) is 7.11 Å². The second-order valence-corrected chi connectivity index (χ2v) is 12.3. The molecule has 0 N–H and O–H groups in total. The topological polar surface area (TPSA) is 83.3 Å². The summed E-state index contributed by atoms with van der Waals surface area (Å²) in [7, 11) is 1.89. The number of hydrogen-bond donors (Lipinski definition) is 0. The minimum atomic E-state index is -0.491. The molecule has 7 heteroatoms. The molecule has 7 nitrogen and oxygen atoms in total. The molecule has 0 aromatic carbocycles. The van der Waals surface area contributed by atoms with Crippen LogP contribution in [0.5, 0.6) is 0 Å². The second-order valence-electron chi connectivity index (χ2n) is 12.3. The molecule has 1 aromatic heterocycles. The maximum absolute atomic E-state index is 13.5. The van der Waals surface area contributed by atoms with Crippen molar-refractivity contribution in [1.82, 2.24) is 15.0 Å². The van der Waals surface area contributed by atoms with Gasteiger partial charge < -0.3 is 9.47 Å². The van der Waals surface area contributed by atoms with Gasteiger partial charge >= 0.3 is 5.97 Å². The number of carbonyl (C=O) groups is 2. The number of aromatic nitrogens is 3. The zero-order chi connectivity index (χ0) is 24.8. The van der Waals surface area contributed by atoms with E-state index in [1.54, 1.807) is 6.92 Å².